The summed E-state index contributed by atoms with van der Waals surface area (Å²) >= 11 is 0. The Morgan fingerprint density at radius 3 is 2.47 bits per heavy atom. The minimum Gasteiger partial charge on any atom is -0.495 e. The van der Waals surface area contributed by atoms with Gasteiger partial charge in [0.15, 0.2) is 0 Å². The van der Waals surface area contributed by atoms with Gasteiger partial charge in [0.2, 0.25) is 0 Å². The van der Waals surface area contributed by atoms with Crippen LogP contribution in [0.4, 0.5) is 0 Å². The molecule has 0 N–H and O–H groups in total. The Bertz CT molecular complexity index is 360. The summed E-state index contributed by atoms with van der Waals surface area (Å²) in [7, 11) is 0. The lowest BCUT2D eigenvalue weighted by Crippen LogP contribution is -1.85. The highest BCUT2D eigenvalue weighted by Gasteiger charge is 1.93. The summed E-state index contributed by atoms with van der Waals surface area (Å²) in [6.07, 6.45) is 3.74. The lowest BCUT2D eigenvalue weighted by molar-refractivity contribution is 0.244. The summed E-state index contributed by atoms with van der Waals surface area (Å²) < 4.78 is 5.21. The maximum atomic E-state index is 5.21. The van der Waals surface area contributed by atoms with Gasteiger partial charge in [-0.2, -0.15) is 0 Å². The molecule has 0 amide bonds. The van der Waals surface area contributed by atoms with E-state index in [0.29, 0.717) is 12.4 Å². The van der Waals surface area contributed by atoms with Crippen molar-refractivity contribution in [3.8, 4) is 0 Å². The van der Waals surface area contributed by atoms with E-state index >= 15 is 0 Å². The van der Waals surface area contributed by atoms with Crippen LogP contribution in [0.3, 0.4) is 0 Å². The number of ether oxygens (including phenoxy) is 1. The molecule has 15 heavy (non-hydrogen) atoms. The van der Waals surface area contributed by atoms with Crippen LogP contribution in [-0.2, 0) is 4.74 Å². The van der Waals surface area contributed by atoms with Gasteiger partial charge in [0.25, 0.3) is 0 Å². The molecule has 0 spiro atoms. The average Bonchev–Trinajstić information content (AvgIpc) is 2.27. The summed E-state index contributed by atoms with van der Waals surface area (Å²) in [5, 5.41) is 0. The van der Waals surface area contributed by atoms with Crippen LogP contribution in [0.1, 0.15) is 12.5 Å². The molecule has 0 heterocycles. The van der Waals surface area contributed by atoms with E-state index < -0.39 is 0 Å². The summed E-state index contributed by atoms with van der Waals surface area (Å²) in [5.41, 5.74) is 2.06. The van der Waals surface area contributed by atoms with E-state index in [9.17, 15) is 0 Å². The zero-order chi connectivity index (χ0) is 11.1. The Morgan fingerprint density at radius 1 is 1.20 bits per heavy atom. The van der Waals surface area contributed by atoms with E-state index in [1.807, 2.05) is 49.4 Å². The van der Waals surface area contributed by atoms with Gasteiger partial charge >= 0.3 is 0 Å². The van der Waals surface area contributed by atoms with Crippen LogP contribution in [0.2, 0.25) is 0 Å². The van der Waals surface area contributed by atoms with Gasteiger partial charge in [0.1, 0.15) is 5.76 Å². The van der Waals surface area contributed by atoms with E-state index in [1.165, 1.54) is 0 Å². The summed E-state index contributed by atoms with van der Waals surface area (Å²) in [5.74, 6) is 0.662. The molecule has 1 rings (SSSR count). The van der Waals surface area contributed by atoms with Gasteiger partial charge in [-0.1, -0.05) is 49.6 Å². The quantitative estimate of drug-likeness (QED) is 0.519. The molecular weight excluding hydrogens is 184 g/mol. The second kappa shape index (κ2) is 5.86. The second-order valence-electron chi connectivity index (χ2n) is 3.12. The summed E-state index contributed by atoms with van der Waals surface area (Å²) in [6, 6.07) is 10.0. The standard InChI is InChI=1S/C14H16O/c1-4-15-13(3)11-10-12(2)14-8-6-5-7-9-14/h5-11H,2-4H2,1H3/b11-10+. The van der Waals surface area contributed by atoms with Crippen molar-refractivity contribution >= 4 is 5.57 Å². The molecule has 0 aromatic heterocycles. The van der Waals surface area contributed by atoms with Crippen molar-refractivity contribution in [1.82, 2.24) is 0 Å². The highest BCUT2D eigenvalue weighted by atomic mass is 16.5. The van der Waals surface area contributed by atoms with Crippen molar-refractivity contribution in [2.45, 2.75) is 6.92 Å². The van der Waals surface area contributed by atoms with Gasteiger partial charge in [-0.3, -0.25) is 0 Å². The molecule has 1 nitrogen and oxygen atoms in total. The molecule has 1 heteroatoms. The lowest BCUT2D eigenvalue weighted by atomic mass is 10.1. The van der Waals surface area contributed by atoms with Crippen molar-refractivity contribution in [1.29, 1.82) is 0 Å². The Morgan fingerprint density at radius 2 is 1.87 bits per heavy atom. The molecule has 0 saturated heterocycles. The Balaban J connectivity index is 2.60. The van der Waals surface area contributed by atoms with Crippen molar-refractivity contribution in [3.05, 3.63) is 67.0 Å². The van der Waals surface area contributed by atoms with Crippen LogP contribution in [0.25, 0.3) is 5.57 Å². The predicted octanol–water partition coefficient (Wildman–Crippen LogP) is 3.81. The largest absolute Gasteiger partial charge is 0.495 e. The first-order valence-electron chi connectivity index (χ1n) is 4.98. The zero-order valence-electron chi connectivity index (χ0n) is 9.07. The van der Waals surface area contributed by atoms with Gasteiger partial charge in [-0.15, -0.1) is 0 Å². The number of hydrogen-bond acceptors (Lipinski definition) is 1. The highest BCUT2D eigenvalue weighted by molar-refractivity contribution is 5.72. The average molecular weight is 200 g/mol. The van der Waals surface area contributed by atoms with Crippen molar-refractivity contribution in [2.24, 2.45) is 0 Å². The first kappa shape index (κ1) is 11.3. The topological polar surface area (TPSA) is 9.23 Å². The molecule has 0 atom stereocenters. The van der Waals surface area contributed by atoms with E-state index in [4.69, 9.17) is 4.74 Å². The molecule has 0 radical (unpaired) electrons. The highest BCUT2D eigenvalue weighted by Crippen LogP contribution is 2.13. The minimum atomic E-state index is 0.640. The normalized spacial score (nSPS) is 10.2. The second-order valence-corrected chi connectivity index (χ2v) is 3.12. The van der Waals surface area contributed by atoms with E-state index in [0.717, 1.165) is 11.1 Å². The molecule has 0 aliphatic rings. The van der Waals surface area contributed by atoms with Gasteiger partial charge in [0.05, 0.1) is 6.61 Å². The molecule has 0 fully saturated rings. The smallest absolute Gasteiger partial charge is 0.112 e. The van der Waals surface area contributed by atoms with Crippen molar-refractivity contribution in [2.75, 3.05) is 6.61 Å². The Kier molecular flexibility index (Phi) is 4.42. The maximum Gasteiger partial charge on any atom is 0.112 e. The van der Waals surface area contributed by atoms with E-state index in [2.05, 4.69) is 13.2 Å². The van der Waals surface area contributed by atoms with Gasteiger partial charge in [0, 0.05) is 0 Å². The SMILES string of the molecule is C=C(/C=C/C(=C)c1ccccc1)OCC. The fraction of sp³-hybridized carbons (Fsp3) is 0.143. The van der Waals surface area contributed by atoms with Gasteiger partial charge < -0.3 is 4.74 Å². The fourth-order valence-electron chi connectivity index (χ4n) is 1.18. The molecule has 0 aliphatic carbocycles. The first-order chi connectivity index (χ1) is 7.24. The van der Waals surface area contributed by atoms with Crippen LogP contribution >= 0.6 is 0 Å². The van der Waals surface area contributed by atoms with Gasteiger partial charge in [-0.05, 0) is 24.1 Å². The molecule has 0 unspecified atom stereocenters. The molecule has 1 aromatic rings. The number of benzene rings is 1. The van der Waals surface area contributed by atoms with E-state index in [-0.39, 0.29) is 0 Å². The monoisotopic (exact) mass is 200 g/mol. The van der Waals surface area contributed by atoms with Crippen LogP contribution in [-0.4, -0.2) is 6.61 Å². The fourth-order valence-corrected chi connectivity index (χ4v) is 1.18. The van der Waals surface area contributed by atoms with Crippen LogP contribution in [0, 0.1) is 0 Å². The van der Waals surface area contributed by atoms with Crippen molar-refractivity contribution < 1.29 is 4.74 Å². The number of allylic oxidation sites excluding steroid dienone is 3. The lowest BCUT2D eigenvalue weighted by Gasteiger charge is -2.02. The third kappa shape index (κ3) is 3.86. The first-order valence-corrected chi connectivity index (χ1v) is 4.98. The minimum absolute atomic E-state index is 0.640. The van der Waals surface area contributed by atoms with Crippen LogP contribution in [0.5, 0.6) is 0 Å². The molecule has 78 valence electrons. The Hall–Kier alpha value is -1.76. The maximum absolute atomic E-state index is 5.21. The summed E-state index contributed by atoms with van der Waals surface area (Å²) in [6.45, 7) is 10.3. The van der Waals surface area contributed by atoms with E-state index in [1.54, 1.807) is 0 Å². The predicted molar refractivity (Wildman–Crippen MR) is 65.4 cm³/mol. The number of rotatable bonds is 5. The molecule has 0 aliphatic heterocycles. The third-order valence-corrected chi connectivity index (χ3v) is 1.94. The van der Waals surface area contributed by atoms with Crippen molar-refractivity contribution in [3.63, 3.8) is 0 Å². The summed E-state index contributed by atoms with van der Waals surface area (Å²) in [4.78, 5) is 0. The molecular formula is C14H16O. The molecule has 1 aromatic carbocycles. The van der Waals surface area contributed by atoms with Gasteiger partial charge in [-0.25, -0.2) is 0 Å². The Labute approximate surface area is 91.4 Å². The van der Waals surface area contributed by atoms with Crippen LogP contribution < -0.4 is 0 Å². The molecule has 0 bridgehead atoms. The number of hydrogen-bond donors (Lipinski definition) is 0. The molecule has 0 saturated carbocycles. The van der Waals surface area contributed by atoms with Crippen LogP contribution in [0.15, 0.2) is 61.4 Å². The third-order valence-electron chi connectivity index (χ3n) is 1.94. The zero-order valence-corrected chi connectivity index (χ0v) is 9.07.